The summed E-state index contributed by atoms with van der Waals surface area (Å²) in [5, 5.41) is 17.1. The van der Waals surface area contributed by atoms with Gasteiger partial charge in [0.25, 0.3) is 0 Å². The highest BCUT2D eigenvalue weighted by Crippen LogP contribution is 2.21. The second kappa shape index (κ2) is 5.11. The average molecular weight is 261 g/mol. The molecule has 0 spiro atoms. The summed E-state index contributed by atoms with van der Waals surface area (Å²) in [5.74, 6) is 0. The number of nitrogens with zero attached hydrogens (tertiary/aromatic N) is 3. The average Bonchev–Trinajstić information content (AvgIpc) is 2.62. The topological polar surface area (TPSA) is 53.6 Å². The lowest BCUT2D eigenvalue weighted by atomic mass is 10.2. The third kappa shape index (κ3) is 2.31. The molecule has 5 heteroatoms. The number of para-hydroxylation sites is 1. The van der Waals surface area contributed by atoms with E-state index in [0.29, 0.717) is 17.3 Å². The van der Waals surface area contributed by atoms with Crippen LogP contribution in [0.1, 0.15) is 16.8 Å². The van der Waals surface area contributed by atoms with Crippen LogP contribution in [-0.2, 0) is 13.6 Å². The fourth-order valence-corrected chi connectivity index (χ4v) is 2.03. The third-order valence-corrected chi connectivity index (χ3v) is 3.25. The molecule has 18 heavy (non-hydrogen) atoms. The summed E-state index contributed by atoms with van der Waals surface area (Å²) >= 11 is 6.15. The molecule has 0 aliphatic heterocycles. The maximum Gasteiger partial charge on any atom is 0.131 e. The normalized spacial score (nSPS) is 10.1. The second-order valence-corrected chi connectivity index (χ2v) is 4.35. The number of nitriles is 1. The fourth-order valence-electron chi connectivity index (χ4n) is 1.79. The largest absolute Gasteiger partial charge is 0.380 e. The molecular weight excluding hydrogens is 248 g/mol. The lowest BCUT2D eigenvalue weighted by Crippen LogP contribution is -2.02. The summed E-state index contributed by atoms with van der Waals surface area (Å²) in [6.07, 6.45) is 0. The van der Waals surface area contributed by atoms with E-state index in [0.717, 1.165) is 16.9 Å². The van der Waals surface area contributed by atoms with Gasteiger partial charge in [-0.25, -0.2) is 0 Å². The van der Waals surface area contributed by atoms with Crippen molar-refractivity contribution in [3.63, 3.8) is 0 Å². The van der Waals surface area contributed by atoms with Crippen LogP contribution in [0.5, 0.6) is 0 Å². The minimum absolute atomic E-state index is 0.553. The van der Waals surface area contributed by atoms with Crippen LogP contribution in [0.2, 0.25) is 5.15 Å². The SMILES string of the molecule is Cc1nn(C)c(Cl)c1CNc1ccccc1C#N. The van der Waals surface area contributed by atoms with Crippen LogP contribution in [-0.4, -0.2) is 9.78 Å². The number of nitrogens with one attached hydrogen (secondary N) is 1. The molecule has 0 bridgehead atoms. The maximum absolute atomic E-state index is 9.00. The van der Waals surface area contributed by atoms with Gasteiger partial charge in [0.2, 0.25) is 0 Å². The number of anilines is 1. The standard InChI is InChI=1S/C13H13ClN4/c1-9-11(13(14)18(2)17-9)8-16-12-6-4-3-5-10(12)7-15/h3-6,16H,8H2,1-2H3. The first kappa shape index (κ1) is 12.5. The monoisotopic (exact) mass is 260 g/mol. The van der Waals surface area contributed by atoms with Gasteiger partial charge in [-0.2, -0.15) is 10.4 Å². The molecule has 0 saturated heterocycles. The van der Waals surface area contributed by atoms with Crippen LogP contribution in [0.3, 0.4) is 0 Å². The van der Waals surface area contributed by atoms with Crippen LogP contribution in [0, 0.1) is 18.3 Å². The van der Waals surface area contributed by atoms with Crippen molar-refractivity contribution in [3.05, 3.63) is 46.2 Å². The Balaban J connectivity index is 2.20. The first-order valence-electron chi connectivity index (χ1n) is 5.54. The summed E-state index contributed by atoms with van der Waals surface area (Å²) in [4.78, 5) is 0. The molecule has 0 amide bonds. The summed E-state index contributed by atoms with van der Waals surface area (Å²) in [7, 11) is 1.81. The molecule has 1 aromatic carbocycles. The Morgan fingerprint density at radius 3 is 2.78 bits per heavy atom. The van der Waals surface area contributed by atoms with Gasteiger partial charge in [-0.15, -0.1) is 0 Å². The van der Waals surface area contributed by atoms with E-state index in [2.05, 4.69) is 16.5 Å². The number of aromatic nitrogens is 2. The van der Waals surface area contributed by atoms with Gasteiger partial charge in [0.05, 0.1) is 16.9 Å². The smallest absolute Gasteiger partial charge is 0.131 e. The predicted octanol–water partition coefficient (Wildman–Crippen LogP) is 2.87. The Hall–Kier alpha value is -1.99. The lowest BCUT2D eigenvalue weighted by molar-refractivity contribution is 0.757. The Bertz CT molecular complexity index is 610. The Kier molecular flexibility index (Phi) is 3.54. The van der Waals surface area contributed by atoms with E-state index in [9.17, 15) is 0 Å². The molecule has 2 aromatic rings. The Morgan fingerprint density at radius 2 is 2.17 bits per heavy atom. The van der Waals surface area contributed by atoms with Crippen molar-refractivity contribution < 1.29 is 0 Å². The lowest BCUT2D eigenvalue weighted by Gasteiger charge is -2.07. The number of aryl methyl sites for hydroxylation is 2. The zero-order valence-corrected chi connectivity index (χ0v) is 11.0. The van der Waals surface area contributed by atoms with E-state index in [1.165, 1.54) is 0 Å². The maximum atomic E-state index is 9.00. The quantitative estimate of drug-likeness (QED) is 0.923. The molecule has 0 saturated carbocycles. The van der Waals surface area contributed by atoms with Gasteiger partial charge in [0.15, 0.2) is 0 Å². The van der Waals surface area contributed by atoms with Gasteiger partial charge in [-0.1, -0.05) is 23.7 Å². The van der Waals surface area contributed by atoms with E-state index in [4.69, 9.17) is 16.9 Å². The number of rotatable bonds is 3. The molecule has 92 valence electrons. The summed E-state index contributed by atoms with van der Waals surface area (Å²) in [6, 6.07) is 9.53. The third-order valence-electron chi connectivity index (χ3n) is 2.77. The van der Waals surface area contributed by atoms with Crippen LogP contribution >= 0.6 is 11.6 Å². The first-order valence-corrected chi connectivity index (χ1v) is 5.92. The second-order valence-electron chi connectivity index (χ2n) is 3.99. The van der Waals surface area contributed by atoms with Crippen LogP contribution in [0.15, 0.2) is 24.3 Å². The molecule has 0 unspecified atom stereocenters. The molecule has 0 atom stereocenters. The van der Waals surface area contributed by atoms with E-state index >= 15 is 0 Å². The minimum Gasteiger partial charge on any atom is -0.380 e. The molecule has 2 rings (SSSR count). The van der Waals surface area contributed by atoms with E-state index in [1.807, 2.05) is 32.2 Å². The number of hydrogen-bond donors (Lipinski definition) is 1. The minimum atomic E-state index is 0.553. The molecule has 0 aliphatic carbocycles. The Labute approximate surface area is 111 Å². The fraction of sp³-hybridized carbons (Fsp3) is 0.231. The summed E-state index contributed by atoms with van der Waals surface area (Å²) in [6.45, 7) is 2.47. The van der Waals surface area contributed by atoms with Gasteiger partial charge < -0.3 is 5.32 Å². The highest BCUT2D eigenvalue weighted by atomic mass is 35.5. The van der Waals surface area contributed by atoms with Crippen molar-refractivity contribution >= 4 is 17.3 Å². The molecular formula is C13H13ClN4. The van der Waals surface area contributed by atoms with Gasteiger partial charge in [-0.3, -0.25) is 4.68 Å². The predicted molar refractivity (Wildman–Crippen MR) is 71.4 cm³/mol. The highest BCUT2D eigenvalue weighted by molar-refractivity contribution is 6.30. The summed E-state index contributed by atoms with van der Waals surface area (Å²) < 4.78 is 1.64. The van der Waals surface area contributed by atoms with E-state index in [1.54, 1.807) is 10.7 Å². The molecule has 0 radical (unpaired) electrons. The number of halogens is 1. The number of hydrogen-bond acceptors (Lipinski definition) is 3. The molecule has 1 heterocycles. The van der Waals surface area contributed by atoms with Crippen molar-refractivity contribution in [2.24, 2.45) is 7.05 Å². The molecule has 0 aliphatic rings. The molecule has 0 fully saturated rings. The zero-order valence-electron chi connectivity index (χ0n) is 10.2. The Morgan fingerprint density at radius 1 is 1.44 bits per heavy atom. The van der Waals surface area contributed by atoms with Crippen LogP contribution in [0.25, 0.3) is 0 Å². The van der Waals surface area contributed by atoms with Crippen molar-refractivity contribution in [1.82, 2.24) is 9.78 Å². The van der Waals surface area contributed by atoms with Crippen molar-refractivity contribution in [3.8, 4) is 6.07 Å². The van der Waals surface area contributed by atoms with Gasteiger partial charge in [0.1, 0.15) is 11.2 Å². The van der Waals surface area contributed by atoms with Gasteiger partial charge >= 0.3 is 0 Å². The zero-order chi connectivity index (χ0) is 13.1. The molecule has 1 N–H and O–H groups in total. The first-order chi connectivity index (χ1) is 8.63. The van der Waals surface area contributed by atoms with E-state index in [-0.39, 0.29) is 0 Å². The number of benzene rings is 1. The van der Waals surface area contributed by atoms with Gasteiger partial charge in [-0.05, 0) is 19.1 Å². The van der Waals surface area contributed by atoms with Crippen molar-refractivity contribution in [1.29, 1.82) is 5.26 Å². The molecule has 1 aromatic heterocycles. The van der Waals surface area contributed by atoms with Crippen molar-refractivity contribution in [2.75, 3.05) is 5.32 Å². The highest BCUT2D eigenvalue weighted by Gasteiger charge is 2.11. The van der Waals surface area contributed by atoms with E-state index < -0.39 is 0 Å². The van der Waals surface area contributed by atoms with Crippen LogP contribution in [0.4, 0.5) is 5.69 Å². The van der Waals surface area contributed by atoms with Crippen molar-refractivity contribution in [2.45, 2.75) is 13.5 Å². The van der Waals surface area contributed by atoms with Crippen LogP contribution < -0.4 is 5.32 Å². The summed E-state index contributed by atoms with van der Waals surface area (Å²) in [5.41, 5.74) is 3.27. The molecule has 4 nitrogen and oxygen atoms in total. The van der Waals surface area contributed by atoms with Gasteiger partial charge in [0, 0.05) is 19.2 Å².